The number of benzene rings is 2. The van der Waals surface area contributed by atoms with Crippen molar-refractivity contribution < 1.29 is 31.1 Å². The Morgan fingerprint density at radius 1 is 1.08 bits per heavy atom. The van der Waals surface area contributed by atoms with Crippen molar-refractivity contribution in [1.29, 1.82) is 0 Å². The third-order valence-corrected chi connectivity index (χ3v) is 8.33. The highest BCUT2D eigenvalue weighted by molar-refractivity contribution is 7.99. The lowest BCUT2D eigenvalue weighted by Crippen LogP contribution is -2.40. The molecule has 0 bridgehead atoms. The molecule has 9 nitrogen and oxygen atoms in total. The molecule has 14 heteroatoms. The van der Waals surface area contributed by atoms with Gasteiger partial charge in [-0.1, -0.05) is 23.9 Å². The molecule has 1 aromatic heterocycles. The first-order valence-electron chi connectivity index (χ1n) is 10.7. The van der Waals surface area contributed by atoms with Crippen LogP contribution in [0.1, 0.15) is 5.56 Å². The Hall–Kier alpha value is -2.94. The molecule has 1 aliphatic rings. The average molecular weight is 542 g/mol. The van der Waals surface area contributed by atoms with Crippen LogP contribution >= 0.6 is 11.8 Å². The fourth-order valence-corrected chi connectivity index (χ4v) is 5.68. The number of nitrogens with zero attached hydrogens (tertiary/aromatic N) is 4. The zero-order valence-corrected chi connectivity index (χ0v) is 20.7. The molecular weight excluding hydrogens is 519 g/mol. The van der Waals surface area contributed by atoms with Crippen molar-refractivity contribution in [2.75, 3.05) is 37.4 Å². The van der Waals surface area contributed by atoms with Gasteiger partial charge >= 0.3 is 6.18 Å². The minimum atomic E-state index is -4.59. The van der Waals surface area contributed by atoms with Gasteiger partial charge in [0.2, 0.25) is 15.9 Å². The first kappa shape index (κ1) is 26.1. The Balaban J connectivity index is 1.42. The summed E-state index contributed by atoms with van der Waals surface area (Å²) < 4.78 is 73.2. The molecule has 1 aliphatic heterocycles. The lowest BCUT2D eigenvalue weighted by atomic mass is 10.1. The van der Waals surface area contributed by atoms with E-state index in [2.05, 4.69) is 15.5 Å². The molecule has 36 heavy (non-hydrogen) atoms. The number of alkyl halides is 3. The molecule has 4 rings (SSSR count). The van der Waals surface area contributed by atoms with Gasteiger partial charge in [-0.05, 0) is 36.4 Å². The Morgan fingerprint density at radius 2 is 1.75 bits per heavy atom. The van der Waals surface area contributed by atoms with Crippen LogP contribution in [0.4, 0.5) is 18.9 Å². The fraction of sp³-hybridized carbons (Fsp3) is 0.318. The van der Waals surface area contributed by atoms with Gasteiger partial charge in [-0.25, -0.2) is 8.42 Å². The van der Waals surface area contributed by atoms with Crippen LogP contribution in [0, 0.1) is 0 Å². The predicted molar refractivity (Wildman–Crippen MR) is 127 cm³/mol. The zero-order chi connectivity index (χ0) is 25.9. The number of thioether (sulfide) groups is 1. The summed E-state index contributed by atoms with van der Waals surface area (Å²) in [5.74, 6) is -0.371. The van der Waals surface area contributed by atoms with Gasteiger partial charge in [-0.15, -0.1) is 10.2 Å². The summed E-state index contributed by atoms with van der Waals surface area (Å²) in [5.41, 5.74) is -0.633. The van der Waals surface area contributed by atoms with Crippen LogP contribution in [0.25, 0.3) is 11.4 Å². The number of hydrogen-bond donors (Lipinski definition) is 1. The summed E-state index contributed by atoms with van der Waals surface area (Å²) in [4.78, 5) is 12.4. The average Bonchev–Trinajstić information content (AvgIpc) is 3.23. The quantitative estimate of drug-likeness (QED) is 0.458. The largest absolute Gasteiger partial charge is 0.418 e. The zero-order valence-electron chi connectivity index (χ0n) is 19.0. The Kier molecular flexibility index (Phi) is 7.68. The van der Waals surface area contributed by atoms with Crippen molar-refractivity contribution in [3.63, 3.8) is 0 Å². The van der Waals surface area contributed by atoms with Crippen LogP contribution in [0.15, 0.2) is 58.6 Å². The molecule has 2 heterocycles. The molecule has 0 atom stereocenters. The third kappa shape index (κ3) is 5.72. The third-order valence-electron chi connectivity index (χ3n) is 5.39. The number of carbonyl (C=O) groups is 1. The van der Waals surface area contributed by atoms with Gasteiger partial charge < -0.3 is 14.6 Å². The molecule has 192 valence electrons. The van der Waals surface area contributed by atoms with E-state index in [4.69, 9.17) is 4.74 Å². The summed E-state index contributed by atoms with van der Waals surface area (Å²) in [6.45, 7) is 1.29. The van der Waals surface area contributed by atoms with Crippen LogP contribution in [-0.2, 0) is 32.8 Å². The number of sulfonamides is 1. The number of carbonyl (C=O) groups excluding carboxylic acids is 1. The van der Waals surface area contributed by atoms with Gasteiger partial charge in [0.25, 0.3) is 0 Å². The van der Waals surface area contributed by atoms with E-state index in [-0.39, 0.29) is 16.3 Å². The molecular formula is C22H22F3N5O4S2. The molecule has 1 amide bonds. The van der Waals surface area contributed by atoms with Crippen molar-refractivity contribution >= 4 is 33.4 Å². The molecule has 0 aliphatic carbocycles. The Labute approximate surface area is 209 Å². The summed E-state index contributed by atoms with van der Waals surface area (Å²) in [7, 11) is -1.96. The van der Waals surface area contributed by atoms with Gasteiger partial charge in [-0.2, -0.15) is 17.5 Å². The number of rotatable bonds is 7. The van der Waals surface area contributed by atoms with Crippen molar-refractivity contribution in [3.8, 4) is 11.4 Å². The highest BCUT2D eigenvalue weighted by atomic mass is 32.2. The number of morpholine rings is 1. The van der Waals surface area contributed by atoms with Crippen LogP contribution in [0.5, 0.6) is 0 Å². The molecule has 1 fully saturated rings. The number of hydrogen-bond acceptors (Lipinski definition) is 7. The minimum absolute atomic E-state index is 0.153. The van der Waals surface area contributed by atoms with Gasteiger partial charge in [0.15, 0.2) is 11.0 Å². The first-order chi connectivity index (χ1) is 17.1. The van der Waals surface area contributed by atoms with E-state index >= 15 is 0 Å². The number of amides is 1. The number of nitrogens with one attached hydrogen (secondary N) is 1. The van der Waals surface area contributed by atoms with Gasteiger partial charge in [-0.3, -0.25) is 4.79 Å². The topological polar surface area (TPSA) is 106 Å². The molecule has 0 spiro atoms. The molecule has 2 aromatic carbocycles. The van der Waals surface area contributed by atoms with Crippen LogP contribution in [-0.4, -0.2) is 65.5 Å². The maximum absolute atomic E-state index is 13.1. The van der Waals surface area contributed by atoms with E-state index in [0.29, 0.717) is 42.8 Å². The Morgan fingerprint density at radius 3 is 2.42 bits per heavy atom. The second-order valence-electron chi connectivity index (χ2n) is 7.79. The van der Waals surface area contributed by atoms with Gasteiger partial charge in [0.05, 0.1) is 35.1 Å². The smallest absolute Gasteiger partial charge is 0.379 e. The lowest BCUT2D eigenvalue weighted by molar-refractivity contribution is -0.137. The van der Waals surface area contributed by atoms with Crippen molar-refractivity contribution in [2.45, 2.75) is 16.2 Å². The maximum atomic E-state index is 13.1. The monoisotopic (exact) mass is 541 g/mol. The van der Waals surface area contributed by atoms with Crippen LogP contribution < -0.4 is 5.32 Å². The maximum Gasteiger partial charge on any atom is 0.418 e. The van der Waals surface area contributed by atoms with Gasteiger partial charge in [0, 0.05) is 25.7 Å². The normalized spacial score (nSPS) is 15.1. The number of anilines is 1. The van der Waals surface area contributed by atoms with Crippen LogP contribution in [0.3, 0.4) is 0 Å². The highest BCUT2D eigenvalue weighted by Gasteiger charge is 2.33. The summed E-state index contributed by atoms with van der Waals surface area (Å²) in [5, 5.41) is 10.8. The molecule has 3 aromatic rings. The summed E-state index contributed by atoms with van der Waals surface area (Å²) >= 11 is 1.01. The molecule has 0 unspecified atom stereocenters. The second kappa shape index (κ2) is 10.6. The number of para-hydroxylation sites is 1. The number of halogens is 3. The van der Waals surface area contributed by atoms with Crippen molar-refractivity contribution in [3.05, 3.63) is 54.1 Å². The molecule has 0 saturated carbocycles. The van der Waals surface area contributed by atoms with E-state index in [0.717, 1.165) is 17.8 Å². The summed E-state index contributed by atoms with van der Waals surface area (Å²) in [6.07, 6.45) is -4.59. The minimum Gasteiger partial charge on any atom is -0.379 e. The fourth-order valence-electron chi connectivity index (χ4n) is 3.56. The molecule has 0 radical (unpaired) electrons. The van der Waals surface area contributed by atoms with Crippen molar-refractivity contribution in [1.82, 2.24) is 19.1 Å². The Bertz CT molecular complexity index is 1340. The van der Waals surface area contributed by atoms with E-state index in [1.807, 2.05) is 0 Å². The second-order valence-corrected chi connectivity index (χ2v) is 10.7. The lowest BCUT2D eigenvalue weighted by Gasteiger charge is -2.26. The SMILES string of the molecule is Cn1c(SCC(=O)Nc2ccccc2C(F)(F)F)nnc1-c1ccc(S(=O)(=O)N2CCOCC2)cc1. The first-order valence-corrected chi connectivity index (χ1v) is 13.2. The summed E-state index contributed by atoms with van der Waals surface area (Å²) in [6, 6.07) is 11.0. The van der Waals surface area contributed by atoms with E-state index in [9.17, 15) is 26.4 Å². The van der Waals surface area contributed by atoms with E-state index in [1.54, 1.807) is 23.7 Å². The van der Waals surface area contributed by atoms with E-state index in [1.165, 1.54) is 34.6 Å². The van der Waals surface area contributed by atoms with Gasteiger partial charge in [0.1, 0.15) is 0 Å². The van der Waals surface area contributed by atoms with Crippen molar-refractivity contribution in [2.24, 2.45) is 7.05 Å². The number of aromatic nitrogens is 3. The molecule has 1 N–H and O–H groups in total. The van der Waals surface area contributed by atoms with Crippen LogP contribution in [0.2, 0.25) is 0 Å². The highest BCUT2D eigenvalue weighted by Crippen LogP contribution is 2.34. The number of ether oxygens (including phenoxy) is 1. The predicted octanol–water partition coefficient (Wildman–Crippen LogP) is 3.25. The standard InChI is InChI=1S/C22H22F3N5O4S2/c1-29-20(15-6-8-16(9-7-15)36(32,33)30-10-12-34-13-11-30)27-28-21(29)35-14-19(31)26-18-5-3-2-4-17(18)22(23,24)25/h2-9H,10-14H2,1H3,(H,26,31). The van der Waals surface area contributed by atoms with E-state index < -0.39 is 27.7 Å². The molecule has 1 saturated heterocycles.